The first-order valence-corrected chi connectivity index (χ1v) is 12.3. The summed E-state index contributed by atoms with van der Waals surface area (Å²) in [4.78, 5) is 0. The van der Waals surface area contributed by atoms with Gasteiger partial charge in [0, 0.05) is 15.2 Å². The third-order valence-electron chi connectivity index (χ3n) is 3.78. The van der Waals surface area contributed by atoms with Gasteiger partial charge in [0.05, 0.1) is 0 Å². The zero-order chi connectivity index (χ0) is 9.28. The summed E-state index contributed by atoms with van der Waals surface area (Å²) in [5, 5.41) is 0. The molecule has 0 aliphatic rings. The van der Waals surface area contributed by atoms with Crippen LogP contribution in [0.2, 0.25) is 38.3 Å². The van der Waals surface area contributed by atoms with Crippen LogP contribution in [0.4, 0.5) is 0 Å². The lowest BCUT2D eigenvalue weighted by Gasteiger charge is -2.40. The largest absolute Gasteiger partial charge is 0.0715 e. The van der Waals surface area contributed by atoms with E-state index in [1.165, 1.54) is 6.42 Å². The quantitative estimate of drug-likeness (QED) is 0.589. The Bertz CT molecular complexity index is 122. The highest BCUT2D eigenvalue weighted by atomic mass is 29.3. The van der Waals surface area contributed by atoms with Gasteiger partial charge in [-0.25, -0.2) is 0 Å². The number of hydrogen-bond donors (Lipinski definition) is 0. The Morgan fingerprint density at radius 2 is 1.36 bits per heavy atom. The molecule has 0 fully saturated rings. The van der Waals surface area contributed by atoms with E-state index in [0.29, 0.717) is 0 Å². The highest BCUT2D eigenvalue weighted by Crippen LogP contribution is 2.32. The van der Waals surface area contributed by atoms with E-state index in [9.17, 15) is 0 Å². The molecule has 0 aromatic heterocycles. The molecular weight excluding hydrogens is 164 g/mol. The van der Waals surface area contributed by atoms with E-state index in [1.54, 1.807) is 0 Å². The van der Waals surface area contributed by atoms with Crippen LogP contribution >= 0.6 is 0 Å². The molecule has 1 unspecified atom stereocenters. The average molecular weight is 188 g/mol. The molecule has 1 atom stereocenters. The topological polar surface area (TPSA) is 0 Å². The summed E-state index contributed by atoms with van der Waals surface area (Å²) in [7, 11) is -1.70. The van der Waals surface area contributed by atoms with Gasteiger partial charge in [-0.1, -0.05) is 58.5 Å². The summed E-state index contributed by atoms with van der Waals surface area (Å²) in [6.45, 7) is 17.5. The Kier molecular flexibility index (Phi) is 3.57. The normalized spacial score (nSPS) is 16.6. The van der Waals surface area contributed by atoms with Crippen LogP contribution in [0.15, 0.2) is 0 Å². The lowest BCUT2D eigenvalue weighted by atomic mass is 10.4. The van der Waals surface area contributed by atoms with Gasteiger partial charge in [-0.2, -0.15) is 0 Å². The van der Waals surface area contributed by atoms with Crippen molar-refractivity contribution in [3.05, 3.63) is 0 Å². The molecule has 0 rings (SSSR count). The molecule has 0 nitrogen and oxygen atoms in total. The molecule has 2 heteroatoms. The lowest BCUT2D eigenvalue weighted by molar-refractivity contribution is 0.851. The van der Waals surface area contributed by atoms with Crippen molar-refractivity contribution in [2.75, 3.05) is 0 Å². The number of rotatable bonds is 3. The van der Waals surface area contributed by atoms with Gasteiger partial charge in [0.1, 0.15) is 0 Å². The minimum atomic E-state index is -0.869. The van der Waals surface area contributed by atoms with E-state index in [0.717, 1.165) is 5.54 Å². The molecule has 0 aliphatic carbocycles. The SMILES string of the molecule is CCC(C)[Si](C)(C)[Si](C)(C)C. The van der Waals surface area contributed by atoms with Gasteiger partial charge in [0.2, 0.25) is 0 Å². The highest BCUT2D eigenvalue weighted by Gasteiger charge is 2.39. The van der Waals surface area contributed by atoms with Crippen LogP contribution < -0.4 is 0 Å². The van der Waals surface area contributed by atoms with E-state index in [4.69, 9.17) is 0 Å². The van der Waals surface area contributed by atoms with Gasteiger partial charge in [-0.15, -0.1) is 0 Å². The van der Waals surface area contributed by atoms with Crippen molar-refractivity contribution in [3.8, 4) is 0 Å². The summed E-state index contributed by atoms with van der Waals surface area (Å²) in [5.74, 6) is 0. The van der Waals surface area contributed by atoms with Crippen molar-refractivity contribution in [1.82, 2.24) is 0 Å². The summed E-state index contributed by atoms with van der Waals surface area (Å²) >= 11 is 0. The summed E-state index contributed by atoms with van der Waals surface area (Å²) in [6, 6.07) is 0. The minimum absolute atomic E-state index is 0.830. The summed E-state index contributed by atoms with van der Waals surface area (Å²) < 4.78 is 0. The van der Waals surface area contributed by atoms with Crippen LogP contribution in [0.3, 0.4) is 0 Å². The maximum absolute atomic E-state index is 2.58. The predicted molar refractivity (Wildman–Crippen MR) is 60.5 cm³/mol. The van der Waals surface area contributed by atoms with E-state index in [-0.39, 0.29) is 0 Å². The molecule has 0 radical (unpaired) electrons. The van der Waals surface area contributed by atoms with Gasteiger partial charge in [0.15, 0.2) is 0 Å². The Hall–Kier alpha value is 0.434. The molecule has 0 aliphatic heterocycles. The van der Waals surface area contributed by atoms with Crippen molar-refractivity contribution in [2.24, 2.45) is 0 Å². The second-order valence-corrected chi connectivity index (χ2v) is 22.6. The average Bonchev–Trinajstić information content (AvgIpc) is 1.83. The fraction of sp³-hybridized carbons (Fsp3) is 1.00. The molecule has 0 aromatic carbocycles. The molecule has 0 saturated heterocycles. The van der Waals surface area contributed by atoms with Crippen molar-refractivity contribution < 1.29 is 0 Å². The second-order valence-electron chi connectivity index (χ2n) is 5.28. The van der Waals surface area contributed by atoms with Gasteiger partial charge in [-0.05, 0) is 0 Å². The molecule has 0 saturated carbocycles. The molecule has 0 spiro atoms. The molecule has 0 aromatic rings. The lowest BCUT2D eigenvalue weighted by Crippen LogP contribution is -2.54. The highest BCUT2D eigenvalue weighted by molar-refractivity contribution is 7.40. The van der Waals surface area contributed by atoms with Crippen molar-refractivity contribution in [3.63, 3.8) is 0 Å². The first-order chi connectivity index (χ1) is 4.73. The van der Waals surface area contributed by atoms with Gasteiger partial charge >= 0.3 is 0 Å². The standard InChI is InChI=1S/C9H24Si2/c1-8-9(2)11(6,7)10(3,4)5/h9H,8H2,1-7H3. The molecule has 0 N–H and O–H groups in total. The number of hydrogen-bond acceptors (Lipinski definition) is 0. The predicted octanol–water partition coefficient (Wildman–Crippen LogP) is 3.91. The fourth-order valence-corrected chi connectivity index (χ4v) is 8.80. The van der Waals surface area contributed by atoms with Crippen molar-refractivity contribution >= 4 is 15.2 Å². The van der Waals surface area contributed by atoms with Gasteiger partial charge in [-0.3, -0.25) is 0 Å². The molecule has 0 heterocycles. The molecular formula is C9H24Si2. The van der Waals surface area contributed by atoms with E-state index in [1.807, 2.05) is 0 Å². The fourth-order valence-electron chi connectivity index (χ4n) is 1.25. The van der Waals surface area contributed by atoms with Crippen LogP contribution in [0.25, 0.3) is 0 Å². The van der Waals surface area contributed by atoms with Crippen LogP contribution in [0, 0.1) is 0 Å². The molecule has 0 bridgehead atoms. The van der Waals surface area contributed by atoms with Crippen molar-refractivity contribution in [2.45, 2.75) is 58.5 Å². The summed E-state index contributed by atoms with van der Waals surface area (Å²) in [5.41, 5.74) is 1.01. The smallest absolute Gasteiger partial charge is 0.0437 e. The van der Waals surface area contributed by atoms with Crippen LogP contribution in [-0.2, 0) is 0 Å². The third-order valence-corrected chi connectivity index (χ3v) is 23.6. The minimum Gasteiger partial charge on any atom is -0.0715 e. The van der Waals surface area contributed by atoms with Crippen molar-refractivity contribution in [1.29, 1.82) is 0 Å². The van der Waals surface area contributed by atoms with E-state index in [2.05, 4.69) is 46.6 Å². The van der Waals surface area contributed by atoms with Crippen LogP contribution in [0.5, 0.6) is 0 Å². The Labute approximate surface area is 74.2 Å². The van der Waals surface area contributed by atoms with Crippen LogP contribution in [-0.4, -0.2) is 15.2 Å². The third kappa shape index (κ3) is 2.44. The monoisotopic (exact) mass is 188 g/mol. The maximum atomic E-state index is 2.58. The first-order valence-electron chi connectivity index (χ1n) is 4.73. The van der Waals surface area contributed by atoms with Gasteiger partial charge < -0.3 is 0 Å². The Balaban J connectivity index is 4.45. The Morgan fingerprint density at radius 3 is 1.45 bits per heavy atom. The Morgan fingerprint density at radius 1 is 1.00 bits per heavy atom. The van der Waals surface area contributed by atoms with E-state index < -0.39 is 15.2 Å². The molecule has 0 amide bonds. The second kappa shape index (κ2) is 3.44. The first kappa shape index (κ1) is 11.4. The zero-order valence-electron chi connectivity index (χ0n) is 9.28. The van der Waals surface area contributed by atoms with E-state index >= 15 is 0 Å². The molecule has 68 valence electrons. The molecule has 11 heavy (non-hydrogen) atoms. The maximum Gasteiger partial charge on any atom is 0.0437 e. The zero-order valence-corrected chi connectivity index (χ0v) is 11.3. The summed E-state index contributed by atoms with van der Waals surface area (Å²) in [6.07, 6.45) is 1.38. The van der Waals surface area contributed by atoms with Crippen LogP contribution in [0.1, 0.15) is 20.3 Å². The van der Waals surface area contributed by atoms with Gasteiger partial charge in [0.25, 0.3) is 0 Å².